The second-order valence-corrected chi connectivity index (χ2v) is 7.83. The van der Waals surface area contributed by atoms with Crippen molar-refractivity contribution in [2.75, 3.05) is 17.6 Å². The Balaban J connectivity index is 1.83. The van der Waals surface area contributed by atoms with Crippen molar-refractivity contribution in [1.82, 2.24) is 4.90 Å². The molecule has 2 aliphatic rings. The van der Waals surface area contributed by atoms with Gasteiger partial charge in [-0.1, -0.05) is 17.7 Å². The van der Waals surface area contributed by atoms with Crippen molar-refractivity contribution in [3.63, 3.8) is 0 Å². The molecule has 6 nitrogen and oxygen atoms in total. The van der Waals surface area contributed by atoms with Crippen molar-refractivity contribution in [3.05, 3.63) is 52.7 Å². The lowest BCUT2D eigenvalue weighted by molar-refractivity contribution is -0.112. The predicted molar refractivity (Wildman–Crippen MR) is 94.4 cm³/mol. The summed E-state index contributed by atoms with van der Waals surface area (Å²) in [6.45, 7) is 6.23. The molecule has 2 heterocycles. The van der Waals surface area contributed by atoms with Gasteiger partial charge in [-0.05, 0) is 44.1 Å². The largest absolute Gasteiger partial charge is 0.330 e. The first kappa shape index (κ1) is 16.4. The predicted octanol–water partition coefficient (Wildman–Crippen LogP) is 2.05. The van der Waals surface area contributed by atoms with E-state index in [0.717, 1.165) is 22.4 Å². The maximum atomic E-state index is 12.5. The van der Waals surface area contributed by atoms with E-state index in [1.165, 1.54) is 0 Å². The number of anilines is 1. The summed E-state index contributed by atoms with van der Waals surface area (Å²) in [6, 6.07) is 4.04. The molecule has 126 valence electrons. The number of carbonyl (C=O) groups is 1. The highest BCUT2D eigenvalue weighted by Crippen LogP contribution is 2.23. The average Bonchev–Trinajstić information content (AvgIpc) is 2.49. The van der Waals surface area contributed by atoms with Crippen LogP contribution in [0.25, 0.3) is 0 Å². The summed E-state index contributed by atoms with van der Waals surface area (Å²) in [4.78, 5) is 14.2. The number of benzene rings is 1. The minimum absolute atomic E-state index is 0.0497. The van der Waals surface area contributed by atoms with Crippen LogP contribution in [0.3, 0.4) is 0 Å². The fourth-order valence-corrected chi connectivity index (χ4v) is 3.87. The normalized spacial score (nSPS) is 18.5. The summed E-state index contributed by atoms with van der Waals surface area (Å²) in [5.74, 6) is 0.0700. The number of carbonyl (C=O) groups excluding carboxylic acids is 1. The quantitative estimate of drug-likeness (QED) is 0.890. The van der Waals surface area contributed by atoms with Crippen molar-refractivity contribution < 1.29 is 13.2 Å². The van der Waals surface area contributed by atoms with Crippen LogP contribution in [0.5, 0.6) is 0 Å². The molecule has 0 unspecified atom stereocenters. The van der Waals surface area contributed by atoms with Crippen LogP contribution < -0.4 is 5.32 Å². The Bertz CT molecular complexity index is 888. The number of hydrogen-bond acceptors (Lipinski definition) is 4. The molecule has 1 aromatic rings. The van der Waals surface area contributed by atoms with E-state index >= 15 is 0 Å². The molecule has 3 rings (SSSR count). The topological polar surface area (TPSA) is 78.8 Å². The monoisotopic (exact) mass is 345 g/mol. The SMILES string of the molecule is Cc1cc(C)c(NC(=O)C2=CN3CCS(=O)(=O)N=C3C=C2)c(C)c1. The van der Waals surface area contributed by atoms with Crippen molar-refractivity contribution in [2.45, 2.75) is 20.8 Å². The molecule has 1 amide bonds. The molecule has 0 atom stereocenters. The molecule has 0 radical (unpaired) electrons. The first-order valence-corrected chi connectivity index (χ1v) is 9.24. The maximum absolute atomic E-state index is 12.5. The number of amidine groups is 1. The van der Waals surface area contributed by atoms with Crippen LogP contribution in [0, 0.1) is 20.8 Å². The molecule has 0 saturated carbocycles. The summed E-state index contributed by atoms with van der Waals surface area (Å²) in [7, 11) is -3.39. The number of nitrogens with one attached hydrogen (secondary N) is 1. The van der Waals surface area contributed by atoms with Gasteiger partial charge in [0.15, 0.2) is 0 Å². The standard InChI is InChI=1S/C17H19N3O3S/c1-11-8-12(2)16(13(3)9-11)18-17(21)14-4-5-15-19-24(22,23)7-6-20(15)10-14/h4-5,8-10H,6-7H2,1-3H3,(H,18,21). The fraction of sp³-hybridized carbons (Fsp3) is 0.294. The summed E-state index contributed by atoms with van der Waals surface area (Å²) < 4.78 is 26.7. The fourth-order valence-electron chi connectivity index (χ4n) is 2.90. The molecule has 7 heteroatoms. The lowest BCUT2D eigenvalue weighted by Gasteiger charge is -2.27. The number of amides is 1. The molecule has 24 heavy (non-hydrogen) atoms. The molecule has 0 bridgehead atoms. The van der Waals surface area contributed by atoms with E-state index in [9.17, 15) is 13.2 Å². The van der Waals surface area contributed by atoms with Gasteiger partial charge in [-0.3, -0.25) is 4.79 Å². The molecule has 0 saturated heterocycles. The van der Waals surface area contributed by atoms with Gasteiger partial charge < -0.3 is 10.2 Å². The van der Waals surface area contributed by atoms with E-state index in [4.69, 9.17) is 0 Å². The Kier molecular flexibility index (Phi) is 4.04. The van der Waals surface area contributed by atoms with E-state index in [0.29, 0.717) is 18.0 Å². The Hall–Kier alpha value is -2.41. The average molecular weight is 345 g/mol. The number of fused-ring (bicyclic) bond motifs is 1. The summed E-state index contributed by atoms with van der Waals surface area (Å²) in [5.41, 5.74) is 4.43. The Morgan fingerprint density at radius 1 is 1.17 bits per heavy atom. The second-order valence-electron chi connectivity index (χ2n) is 6.07. The maximum Gasteiger partial charge on any atom is 0.257 e. The number of aryl methyl sites for hydroxylation is 3. The zero-order chi connectivity index (χ0) is 17.5. The minimum Gasteiger partial charge on any atom is -0.330 e. The number of sulfonamides is 1. The molecule has 0 fully saturated rings. The van der Waals surface area contributed by atoms with Gasteiger partial charge in [0.2, 0.25) is 0 Å². The van der Waals surface area contributed by atoms with E-state index in [-0.39, 0.29) is 11.7 Å². The molecular formula is C17H19N3O3S. The van der Waals surface area contributed by atoms with E-state index in [1.54, 1.807) is 23.3 Å². The van der Waals surface area contributed by atoms with Crippen LogP contribution in [0.1, 0.15) is 16.7 Å². The van der Waals surface area contributed by atoms with Crippen molar-refractivity contribution >= 4 is 27.5 Å². The highest BCUT2D eigenvalue weighted by molar-refractivity contribution is 7.90. The van der Waals surface area contributed by atoms with E-state index in [2.05, 4.69) is 9.71 Å². The highest BCUT2D eigenvalue weighted by atomic mass is 32.2. The molecule has 0 aromatic heterocycles. The van der Waals surface area contributed by atoms with Crippen molar-refractivity contribution in [1.29, 1.82) is 0 Å². The Morgan fingerprint density at radius 2 is 1.83 bits per heavy atom. The molecule has 0 spiro atoms. The zero-order valence-corrected chi connectivity index (χ0v) is 14.6. The summed E-state index contributed by atoms with van der Waals surface area (Å²) in [5, 5.41) is 2.94. The first-order chi connectivity index (χ1) is 11.2. The number of hydrogen-bond donors (Lipinski definition) is 1. The van der Waals surface area contributed by atoms with Crippen molar-refractivity contribution in [2.24, 2.45) is 4.40 Å². The molecular weight excluding hydrogens is 326 g/mol. The Labute approximate surface area is 141 Å². The van der Waals surface area contributed by atoms with Crippen LogP contribution in [0.2, 0.25) is 0 Å². The minimum atomic E-state index is -3.39. The van der Waals surface area contributed by atoms with Gasteiger partial charge in [-0.2, -0.15) is 0 Å². The van der Waals surface area contributed by atoms with Gasteiger partial charge in [0.05, 0.1) is 11.3 Å². The third-order valence-electron chi connectivity index (χ3n) is 4.00. The van der Waals surface area contributed by atoms with Gasteiger partial charge in [0.1, 0.15) is 5.84 Å². The smallest absolute Gasteiger partial charge is 0.257 e. The van der Waals surface area contributed by atoms with Crippen LogP contribution in [0.4, 0.5) is 5.69 Å². The third-order valence-corrected chi connectivity index (χ3v) is 5.17. The summed E-state index contributed by atoms with van der Waals surface area (Å²) >= 11 is 0. The molecule has 0 aliphatic carbocycles. The van der Waals surface area contributed by atoms with E-state index in [1.807, 2.05) is 32.9 Å². The first-order valence-electron chi connectivity index (χ1n) is 7.63. The number of nitrogens with zero attached hydrogens (tertiary/aromatic N) is 2. The van der Waals surface area contributed by atoms with Gasteiger partial charge in [0, 0.05) is 18.4 Å². The molecule has 1 aromatic carbocycles. The van der Waals surface area contributed by atoms with Gasteiger partial charge in [-0.15, -0.1) is 4.40 Å². The Morgan fingerprint density at radius 3 is 2.50 bits per heavy atom. The van der Waals surface area contributed by atoms with Crippen LogP contribution in [0.15, 0.2) is 40.5 Å². The third kappa shape index (κ3) is 3.26. The zero-order valence-electron chi connectivity index (χ0n) is 13.8. The highest BCUT2D eigenvalue weighted by Gasteiger charge is 2.25. The molecule has 1 N–H and O–H groups in total. The number of rotatable bonds is 2. The van der Waals surface area contributed by atoms with Crippen LogP contribution >= 0.6 is 0 Å². The van der Waals surface area contributed by atoms with Crippen molar-refractivity contribution in [3.8, 4) is 0 Å². The van der Waals surface area contributed by atoms with Gasteiger partial charge >= 0.3 is 0 Å². The van der Waals surface area contributed by atoms with Crippen LogP contribution in [-0.4, -0.2) is 37.4 Å². The lowest BCUT2D eigenvalue weighted by Crippen LogP contribution is -2.37. The van der Waals surface area contributed by atoms with Gasteiger partial charge in [0.25, 0.3) is 15.9 Å². The van der Waals surface area contributed by atoms with Gasteiger partial charge in [-0.25, -0.2) is 8.42 Å². The lowest BCUT2D eigenvalue weighted by atomic mass is 10.0. The van der Waals surface area contributed by atoms with E-state index < -0.39 is 10.0 Å². The second kappa shape index (κ2) is 5.90. The molecule has 2 aliphatic heterocycles. The summed E-state index contributed by atoms with van der Waals surface area (Å²) in [6.07, 6.45) is 4.78. The van der Waals surface area contributed by atoms with Crippen LogP contribution in [-0.2, 0) is 14.8 Å².